The van der Waals surface area contributed by atoms with Gasteiger partial charge in [0.25, 0.3) is 0 Å². The SMILES string of the molecule is CCNC(C#N)(Cn1nc(CC)nc1CC)C1CC1. The molecule has 2 rings (SSSR count). The van der Waals surface area contributed by atoms with Crippen LogP contribution >= 0.6 is 0 Å². The first-order valence-electron chi connectivity index (χ1n) is 7.27. The summed E-state index contributed by atoms with van der Waals surface area (Å²) in [7, 11) is 0. The van der Waals surface area contributed by atoms with Crippen molar-refractivity contribution in [3.05, 3.63) is 11.6 Å². The van der Waals surface area contributed by atoms with Crippen molar-refractivity contribution in [2.45, 2.75) is 58.5 Å². The monoisotopic (exact) mass is 261 g/mol. The first-order valence-corrected chi connectivity index (χ1v) is 7.27. The van der Waals surface area contributed by atoms with Gasteiger partial charge in [-0.1, -0.05) is 20.8 Å². The number of nitrogens with one attached hydrogen (secondary N) is 1. The Morgan fingerprint density at radius 1 is 1.37 bits per heavy atom. The highest BCUT2D eigenvalue weighted by Gasteiger charge is 2.46. The Bertz CT molecular complexity index is 469. The molecular weight excluding hydrogens is 238 g/mol. The number of likely N-dealkylation sites (N-methyl/N-ethyl adjacent to an activating group) is 1. The van der Waals surface area contributed by atoms with Gasteiger partial charge in [0.2, 0.25) is 0 Å². The van der Waals surface area contributed by atoms with Crippen LogP contribution in [0.1, 0.15) is 45.3 Å². The van der Waals surface area contributed by atoms with Gasteiger partial charge in [-0.05, 0) is 25.3 Å². The van der Waals surface area contributed by atoms with Gasteiger partial charge >= 0.3 is 0 Å². The molecular formula is C14H23N5. The van der Waals surface area contributed by atoms with Gasteiger partial charge in [-0.3, -0.25) is 5.32 Å². The van der Waals surface area contributed by atoms with E-state index in [0.29, 0.717) is 12.5 Å². The molecule has 0 amide bonds. The van der Waals surface area contributed by atoms with Crippen LogP contribution in [-0.2, 0) is 19.4 Å². The van der Waals surface area contributed by atoms with Gasteiger partial charge in [0.1, 0.15) is 11.4 Å². The fraction of sp³-hybridized carbons (Fsp3) is 0.786. The molecule has 0 radical (unpaired) electrons. The minimum atomic E-state index is -0.475. The van der Waals surface area contributed by atoms with E-state index in [1.54, 1.807) is 0 Å². The lowest BCUT2D eigenvalue weighted by molar-refractivity contribution is 0.306. The molecule has 1 N–H and O–H groups in total. The van der Waals surface area contributed by atoms with Crippen LogP contribution in [0.5, 0.6) is 0 Å². The number of nitrogens with zero attached hydrogens (tertiary/aromatic N) is 4. The Morgan fingerprint density at radius 2 is 2.11 bits per heavy atom. The van der Waals surface area contributed by atoms with Gasteiger partial charge in [-0.25, -0.2) is 9.67 Å². The van der Waals surface area contributed by atoms with Crippen molar-refractivity contribution < 1.29 is 0 Å². The second-order valence-electron chi connectivity index (χ2n) is 5.20. The second kappa shape index (κ2) is 5.70. The molecule has 5 heteroatoms. The molecule has 1 unspecified atom stereocenters. The van der Waals surface area contributed by atoms with E-state index in [0.717, 1.165) is 43.9 Å². The van der Waals surface area contributed by atoms with Crippen LogP contribution in [0, 0.1) is 17.2 Å². The fourth-order valence-corrected chi connectivity index (χ4v) is 2.59. The zero-order chi connectivity index (χ0) is 13.9. The molecule has 1 aromatic rings. The Kier molecular flexibility index (Phi) is 4.20. The van der Waals surface area contributed by atoms with Gasteiger partial charge in [0, 0.05) is 12.8 Å². The quantitative estimate of drug-likeness (QED) is 0.811. The van der Waals surface area contributed by atoms with Crippen LogP contribution in [0.4, 0.5) is 0 Å². The van der Waals surface area contributed by atoms with Crippen molar-refractivity contribution in [1.29, 1.82) is 5.26 Å². The zero-order valence-corrected chi connectivity index (χ0v) is 12.1. The van der Waals surface area contributed by atoms with Crippen molar-refractivity contribution in [2.75, 3.05) is 6.54 Å². The number of rotatable bonds is 7. The summed E-state index contributed by atoms with van der Waals surface area (Å²) in [4.78, 5) is 4.52. The summed E-state index contributed by atoms with van der Waals surface area (Å²) in [5, 5.41) is 17.6. The molecule has 0 saturated heterocycles. The van der Waals surface area contributed by atoms with Gasteiger partial charge in [0.15, 0.2) is 5.82 Å². The molecule has 19 heavy (non-hydrogen) atoms. The van der Waals surface area contributed by atoms with Crippen molar-refractivity contribution in [2.24, 2.45) is 5.92 Å². The highest BCUT2D eigenvalue weighted by molar-refractivity contribution is 5.15. The lowest BCUT2D eigenvalue weighted by Gasteiger charge is -2.27. The summed E-state index contributed by atoms with van der Waals surface area (Å²) in [5.41, 5.74) is -0.475. The molecule has 1 aliphatic rings. The number of nitriles is 1. The number of hydrogen-bond donors (Lipinski definition) is 1. The van der Waals surface area contributed by atoms with Crippen molar-refractivity contribution in [3.8, 4) is 6.07 Å². The average Bonchev–Trinajstić information content (AvgIpc) is 3.20. The first kappa shape index (κ1) is 14.0. The topological polar surface area (TPSA) is 66.5 Å². The summed E-state index contributed by atoms with van der Waals surface area (Å²) in [6.07, 6.45) is 3.96. The second-order valence-corrected chi connectivity index (χ2v) is 5.20. The standard InChI is InChI=1S/C14H23N5/c1-4-12-17-13(5-2)19(18-12)10-14(9-15,16-6-3)11-7-8-11/h11,16H,4-8,10H2,1-3H3. The van der Waals surface area contributed by atoms with Crippen LogP contribution in [0.15, 0.2) is 0 Å². The third-order valence-corrected chi connectivity index (χ3v) is 3.79. The lowest BCUT2D eigenvalue weighted by atomic mass is 9.95. The maximum atomic E-state index is 9.63. The average molecular weight is 261 g/mol. The molecule has 0 aliphatic heterocycles. The Labute approximate surface area is 115 Å². The van der Waals surface area contributed by atoms with E-state index in [-0.39, 0.29) is 0 Å². The van der Waals surface area contributed by atoms with E-state index in [9.17, 15) is 5.26 Å². The van der Waals surface area contributed by atoms with Crippen molar-refractivity contribution >= 4 is 0 Å². The van der Waals surface area contributed by atoms with E-state index in [1.165, 1.54) is 0 Å². The highest BCUT2D eigenvalue weighted by Crippen LogP contribution is 2.40. The van der Waals surface area contributed by atoms with Crippen LogP contribution in [-0.4, -0.2) is 26.8 Å². The zero-order valence-electron chi connectivity index (χ0n) is 12.1. The smallest absolute Gasteiger partial charge is 0.150 e. The Balaban J connectivity index is 2.26. The Morgan fingerprint density at radius 3 is 2.58 bits per heavy atom. The summed E-state index contributed by atoms with van der Waals surface area (Å²) in [5.74, 6) is 2.31. The maximum Gasteiger partial charge on any atom is 0.150 e. The summed E-state index contributed by atoms with van der Waals surface area (Å²) in [6.45, 7) is 7.60. The number of aryl methyl sites for hydroxylation is 2. The van der Waals surface area contributed by atoms with Crippen LogP contribution in [0.2, 0.25) is 0 Å². The lowest BCUT2D eigenvalue weighted by Crippen LogP contribution is -2.50. The normalized spacial score (nSPS) is 18.0. The molecule has 1 heterocycles. The van der Waals surface area contributed by atoms with E-state index < -0.39 is 5.54 Å². The van der Waals surface area contributed by atoms with Crippen LogP contribution in [0.3, 0.4) is 0 Å². The fourth-order valence-electron chi connectivity index (χ4n) is 2.59. The van der Waals surface area contributed by atoms with Gasteiger partial charge < -0.3 is 0 Å². The molecule has 0 aromatic carbocycles. The van der Waals surface area contributed by atoms with E-state index in [4.69, 9.17) is 0 Å². The van der Waals surface area contributed by atoms with E-state index >= 15 is 0 Å². The van der Waals surface area contributed by atoms with Gasteiger partial charge in [0.05, 0.1) is 12.6 Å². The molecule has 1 aromatic heterocycles. The number of hydrogen-bond acceptors (Lipinski definition) is 4. The third-order valence-electron chi connectivity index (χ3n) is 3.79. The molecule has 5 nitrogen and oxygen atoms in total. The molecule has 1 saturated carbocycles. The Hall–Kier alpha value is -1.41. The first-order chi connectivity index (χ1) is 9.19. The largest absolute Gasteiger partial charge is 0.298 e. The number of aromatic nitrogens is 3. The predicted molar refractivity (Wildman–Crippen MR) is 73.5 cm³/mol. The molecule has 0 bridgehead atoms. The van der Waals surface area contributed by atoms with Gasteiger partial charge in [-0.15, -0.1) is 0 Å². The van der Waals surface area contributed by atoms with E-state index in [2.05, 4.69) is 35.3 Å². The van der Waals surface area contributed by atoms with Crippen molar-refractivity contribution in [1.82, 2.24) is 20.1 Å². The van der Waals surface area contributed by atoms with Crippen LogP contribution < -0.4 is 5.32 Å². The van der Waals surface area contributed by atoms with Gasteiger partial charge in [-0.2, -0.15) is 10.4 Å². The minimum absolute atomic E-state index is 0.455. The maximum absolute atomic E-state index is 9.63. The predicted octanol–water partition coefficient (Wildman–Crippen LogP) is 1.68. The molecule has 0 spiro atoms. The highest BCUT2D eigenvalue weighted by atomic mass is 15.4. The summed E-state index contributed by atoms with van der Waals surface area (Å²) >= 11 is 0. The molecule has 104 valence electrons. The molecule has 1 atom stereocenters. The minimum Gasteiger partial charge on any atom is -0.298 e. The van der Waals surface area contributed by atoms with Crippen molar-refractivity contribution in [3.63, 3.8) is 0 Å². The summed E-state index contributed by atoms with van der Waals surface area (Å²) < 4.78 is 1.93. The third kappa shape index (κ3) is 2.79. The molecule has 1 fully saturated rings. The van der Waals surface area contributed by atoms with Crippen LogP contribution in [0.25, 0.3) is 0 Å². The van der Waals surface area contributed by atoms with E-state index in [1.807, 2.05) is 11.6 Å². The molecule has 1 aliphatic carbocycles. The summed E-state index contributed by atoms with van der Waals surface area (Å²) in [6, 6.07) is 2.51.